The molecule has 20 heavy (non-hydrogen) atoms. The molecule has 0 radical (unpaired) electrons. The third-order valence-electron chi connectivity index (χ3n) is 2.78. The number of halogens is 2. The first kappa shape index (κ1) is 17.2. The normalized spacial score (nSPS) is 13.4. The molecule has 0 saturated heterocycles. The molecule has 1 rings (SSSR count). The van der Waals surface area contributed by atoms with Gasteiger partial charge >= 0.3 is 5.97 Å². The fraction of sp³-hybridized carbons (Fsp3) is 0.417. The highest BCUT2D eigenvalue weighted by Crippen LogP contribution is 2.26. The molecular formula is C12H15Cl2NO4S. The lowest BCUT2D eigenvalue weighted by molar-refractivity contribution is -0.141. The van der Waals surface area contributed by atoms with E-state index in [4.69, 9.17) is 28.3 Å². The minimum Gasteiger partial charge on any atom is -0.481 e. The minimum absolute atomic E-state index is 0.00802. The van der Waals surface area contributed by atoms with Crippen LogP contribution >= 0.6 is 23.2 Å². The van der Waals surface area contributed by atoms with Gasteiger partial charge in [0.05, 0.1) is 20.9 Å². The van der Waals surface area contributed by atoms with Crippen LogP contribution in [-0.4, -0.2) is 36.9 Å². The molecule has 5 nitrogen and oxygen atoms in total. The Bertz CT molecular complexity index is 603. The molecule has 0 fully saturated rings. The lowest BCUT2D eigenvalue weighted by Crippen LogP contribution is -2.36. The number of carboxylic acids is 1. The second-order valence-electron chi connectivity index (χ2n) is 4.27. The summed E-state index contributed by atoms with van der Waals surface area (Å²) in [5, 5.41) is 9.27. The Labute approximate surface area is 128 Å². The molecule has 0 aliphatic rings. The SMILES string of the molecule is CCN(CC(C)C(=O)O)S(=O)(=O)c1ccc(Cl)c(Cl)c1. The van der Waals surface area contributed by atoms with E-state index in [1.165, 1.54) is 25.1 Å². The fourth-order valence-electron chi connectivity index (χ4n) is 1.57. The zero-order valence-electron chi connectivity index (χ0n) is 11.0. The van der Waals surface area contributed by atoms with Crippen molar-refractivity contribution in [3.63, 3.8) is 0 Å². The molecular weight excluding hydrogens is 325 g/mol. The largest absolute Gasteiger partial charge is 0.481 e. The van der Waals surface area contributed by atoms with Gasteiger partial charge in [-0.1, -0.05) is 37.0 Å². The quantitative estimate of drug-likeness (QED) is 0.864. The number of carbonyl (C=O) groups is 1. The molecule has 0 aliphatic heterocycles. The van der Waals surface area contributed by atoms with E-state index >= 15 is 0 Å². The molecule has 8 heteroatoms. The van der Waals surface area contributed by atoms with Gasteiger partial charge in [-0.3, -0.25) is 4.79 Å². The maximum Gasteiger partial charge on any atom is 0.307 e. The monoisotopic (exact) mass is 339 g/mol. The van der Waals surface area contributed by atoms with E-state index in [2.05, 4.69) is 0 Å². The van der Waals surface area contributed by atoms with E-state index in [0.717, 1.165) is 4.31 Å². The van der Waals surface area contributed by atoms with Gasteiger partial charge in [0.2, 0.25) is 10.0 Å². The molecule has 0 bridgehead atoms. The average molecular weight is 340 g/mol. The summed E-state index contributed by atoms with van der Waals surface area (Å²) in [5.41, 5.74) is 0. The van der Waals surface area contributed by atoms with Crippen molar-refractivity contribution in [1.82, 2.24) is 4.31 Å². The smallest absolute Gasteiger partial charge is 0.307 e. The number of carboxylic acid groups (broad SMARTS) is 1. The molecule has 0 saturated carbocycles. The number of hydrogen-bond acceptors (Lipinski definition) is 3. The van der Waals surface area contributed by atoms with E-state index in [1.807, 2.05) is 0 Å². The van der Waals surface area contributed by atoms with Crippen LogP contribution in [0.3, 0.4) is 0 Å². The van der Waals surface area contributed by atoms with Crippen LogP contribution < -0.4 is 0 Å². The molecule has 0 amide bonds. The lowest BCUT2D eigenvalue weighted by Gasteiger charge is -2.22. The second-order valence-corrected chi connectivity index (χ2v) is 7.02. The van der Waals surface area contributed by atoms with Crippen LogP contribution in [0, 0.1) is 5.92 Å². The number of benzene rings is 1. The van der Waals surface area contributed by atoms with E-state index in [-0.39, 0.29) is 28.0 Å². The van der Waals surface area contributed by atoms with Crippen LogP contribution in [0.5, 0.6) is 0 Å². The van der Waals surface area contributed by atoms with Crippen LogP contribution in [0.15, 0.2) is 23.1 Å². The van der Waals surface area contributed by atoms with Crippen molar-refractivity contribution >= 4 is 39.2 Å². The predicted octanol–water partition coefficient (Wildman–Crippen LogP) is 2.72. The van der Waals surface area contributed by atoms with E-state index < -0.39 is 21.9 Å². The van der Waals surface area contributed by atoms with E-state index in [1.54, 1.807) is 6.92 Å². The molecule has 112 valence electrons. The van der Waals surface area contributed by atoms with Crippen LogP contribution in [-0.2, 0) is 14.8 Å². The van der Waals surface area contributed by atoms with Crippen molar-refractivity contribution in [3.8, 4) is 0 Å². The molecule has 1 aromatic rings. The first-order valence-electron chi connectivity index (χ1n) is 5.88. The molecule has 1 N–H and O–H groups in total. The molecule has 0 aliphatic carbocycles. The standard InChI is InChI=1S/C12H15Cl2NO4S/c1-3-15(7-8(2)12(16)17)20(18,19)9-4-5-10(13)11(14)6-9/h4-6,8H,3,7H2,1-2H3,(H,16,17). The van der Waals surface area contributed by atoms with Crippen LogP contribution in [0.1, 0.15) is 13.8 Å². The van der Waals surface area contributed by atoms with Gasteiger partial charge in [0.15, 0.2) is 0 Å². The zero-order valence-corrected chi connectivity index (χ0v) is 13.3. The Balaban J connectivity index is 3.11. The Hall–Kier alpha value is -0.820. The Morgan fingerprint density at radius 3 is 2.40 bits per heavy atom. The summed E-state index contributed by atoms with van der Waals surface area (Å²) < 4.78 is 25.9. The van der Waals surface area contributed by atoms with Gasteiger partial charge in [-0.25, -0.2) is 8.42 Å². The highest BCUT2D eigenvalue weighted by atomic mass is 35.5. The number of sulfonamides is 1. The van der Waals surface area contributed by atoms with Crippen molar-refractivity contribution < 1.29 is 18.3 Å². The zero-order chi connectivity index (χ0) is 15.5. The van der Waals surface area contributed by atoms with Crippen LogP contribution in [0.4, 0.5) is 0 Å². The predicted molar refractivity (Wildman–Crippen MR) is 77.7 cm³/mol. The molecule has 1 aromatic carbocycles. The number of nitrogens with zero attached hydrogens (tertiary/aromatic N) is 1. The number of hydrogen-bond donors (Lipinski definition) is 1. The third-order valence-corrected chi connectivity index (χ3v) is 5.46. The van der Waals surface area contributed by atoms with Gasteiger partial charge in [0.25, 0.3) is 0 Å². The van der Waals surface area contributed by atoms with E-state index in [9.17, 15) is 13.2 Å². The molecule has 1 unspecified atom stereocenters. The fourth-order valence-corrected chi connectivity index (χ4v) is 3.49. The molecule has 0 aromatic heterocycles. The summed E-state index contributed by atoms with van der Waals surface area (Å²) in [4.78, 5) is 10.8. The number of aliphatic carboxylic acids is 1. The topological polar surface area (TPSA) is 74.7 Å². The van der Waals surface area contributed by atoms with Gasteiger partial charge in [-0.2, -0.15) is 4.31 Å². The van der Waals surface area contributed by atoms with Crippen molar-refractivity contribution in [3.05, 3.63) is 28.2 Å². The van der Waals surface area contributed by atoms with Gasteiger partial charge in [0.1, 0.15) is 0 Å². The van der Waals surface area contributed by atoms with Gasteiger partial charge in [0, 0.05) is 13.1 Å². The molecule has 0 spiro atoms. The summed E-state index contributed by atoms with van der Waals surface area (Å²) in [5.74, 6) is -1.85. The Morgan fingerprint density at radius 1 is 1.35 bits per heavy atom. The van der Waals surface area contributed by atoms with Crippen molar-refractivity contribution in [2.45, 2.75) is 18.7 Å². The van der Waals surface area contributed by atoms with Crippen LogP contribution in [0.25, 0.3) is 0 Å². The van der Waals surface area contributed by atoms with Gasteiger partial charge in [-0.05, 0) is 18.2 Å². The van der Waals surface area contributed by atoms with Crippen molar-refractivity contribution in [2.75, 3.05) is 13.1 Å². The summed E-state index contributed by atoms with van der Waals surface area (Å²) in [6.45, 7) is 3.16. The maximum atomic E-state index is 12.4. The number of rotatable bonds is 6. The van der Waals surface area contributed by atoms with Crippen molar-refractivity contribution in [1.29, 1.82) is 0 Å². The summed E-state index contributed by atoms with van der Waals surface area (Å²) >= 11 is 11.6. The Morgan fingerprint density at radius 2 is 1.95 bits per heavy atom. The van der Waals surface area contributed by atoms with Crippen LogP contribution in [0.2, 0.25) is 10.0 Å². The average Bonchev–Trinajstić information content (AvgIpc) is 2.38. The van der Waals surface area contributed by atoms with Crippen molar-refractivity contribution in [2.24, 2.45) is 5.92 Å². The Kier molecular flexibility index (Phi) is 5.82. The second kappa shape index (κ2) is 6.76. The third kappa shape index (κ3) is 3.85. The molecule has 1 atom stereocenters. The van der Waals surface area contributed by atoms with E-state index in [0.29, 0.717) is 0 Å². The first-order valence-corrected chi connectivity index (χ1v) is 8.07. The highest BCUT2D eigenvalue weighted by Gasteiger charge is 2.27. The summed E-state index contributed by atoms with van der Waals surface area (Å²) in [6.07, 6.45) is 0. The minimum atomic E-state index is -3.79. The summed E-state index contributed by atoms with van der Waals surface area (Å²) in [6, 6.07) is 4.00. The maximum absolute atomic E-state index is 12.4. The summed E-state index contributed by atoms with van der Waals surface area (Å²) in [7, 11) is -3.79. The molecule has 0 heterocycles. The van der Waals surface area contributed by atoms with Gasteiger partial charge < -0.3 is 5.11 Å². The van der Waals surface area contributed by atoms with Gasteiger partial charge in [-0.15, -0.1) is 0 Å². The first-order chi connectivity index (χ1) is 9.20. The lowest BCUT2D eigenvalue weighted by atomic mass is 10.2. The highest BCUT2D eigenvalue weighted by molar-refractivity contribution is 7.89.